The molecule has 1 unspecified atom stereocenters. The smallest absolute Gasteiger partial charge is 0.0953 e. The Morgan fingerprint density at radius 2 is 1.39 bits per heavy atom. The first kappa shape index (κ1) is 17.8. The predicted molar refractivity (Wildman–Crippen MR) is 72.0 cm³/mol. The van der Waals surface area contributed by atoms with Gasteiger partial charge in [-0.05, 0) is 48.0 Å². The number of hydrogen-bond donors (Lipinski definition) is 0. The van der Waals surface area contributed by atoms with Crippen LogP contribution in [0, 0.1) is 0 Å². The zero-order valence-electron chi connectivity index (χ0n) is 13.0. The van der Waals surface area contributed by atoms with Crippen molar-refractivity contribution in [3.05, 3.63) is 0 Å². The van der Waals surface area contributed by atoms with E-state index in [-0.39, 0.29) is 17.3 Å². The van der Waals surface area contributed by atoms with Crippen LogP contribution in [0.4, 0.5) is 0 Å². The van der Waals surface area contributed by atoms with E-state index in [1.54, 1.807) is 0 Å². The summed E-state index contributed by atoms with van der Waals surface area (Å²) in [4.78, 5) is 21.2. The highest BCUT2D eigenvalue weighted by Crippen LogP contribution is 2.15. The maximum Gasteiger partial charge on any atom is 0.0953 e. The Morgan fingerprint density at radius 1 is 0.833 bits per heavy atom. The molecule has 0 aliphatic heterocycles. The monoisotopic (exact) mass is 262 g/mol. The van der Waals surface area contributed by atoms with Gasteiger partial charge in [0.25, 0.3) is 0 Å². The summed E-state index contributed by atoms with van der Waals surface area (Å²) in [6.45, 7) is 14.4. The van der Waals surface area contributed by atoms with Crippen LogP contribution in [0.5, 0.6) is 0 Å². The van der Waals surface area contributed by atoms with Crippen molar-refractivity contribution < 1.29 is 19.6 Å². The third kappa shape index (κ3) is 12.3. The van der Waals surface area contributed by atoms with Gasteiger partial charge in [0.2, 0.25) is 0 Å². The minimum absolute atomic E-state index is 0.0535. The van der Waals surface area contributed by atoms with Gasteiger partial charge in [-0.3, -0.25) is 0 Å². The molecule has 0 aromatic carbocycles. The summed E-state index contributed by atoms with van der Waals surface area (Å²) < 4.78 is 0. The highest BCUT2D eigenvalue weighted by molar-refractivity contribution is 4.58. The van der Waals surface area contributed by atoms with Gasteiger partial charge in [0.15, 0.2) is 0 Å². The van der Waals surface area contributed by atoms with E-state index in [9.17, 15) is 0 Å². The largest absolute Gasteiger partial charge is 0.236 e. The van der Waals surface area contributed by atoms with Gasteiger partial charge in [0.1, 0.15) is 0 Å². The first-order valence-corrected chi connectivity index (χ1v) is 6.79. The van der Waals surface area contributed by atoms with Crippen LogP contribution in [-0.2, 0) is 19.6 Å². The van der Waals surface area contributed by atoms with Crippen molar-refractivity contribution in [1.82, 2.24) is 0 Å². The van der Waals surface area contributed by atoms with Crippen LogP contribution in [0.1, 0.15) is 67.7 Å². The summed E-state index contributed by atoms with van der Waals surface area (Å²) in [5.74, 6) is 0. The molecule has 0 aromatic rings. The van der Waals surface area contributed by atoms with Crippen LogP contribution in [0.2, 0.25) is 0 Å². The maximum atomic E-state index is 5.44. The molecular formula is C14H30O4. The molecule has 0 radical (unpaired) electrons. The fraction of sp³-hybridized carbons (Fsp3) is 1.00. The molecule has 0 saturated heterocycles. The molecule has 1 atom stereocenters. The second-order valence-corrected chi connectivity index (χ2v) is 6.51. The maximum absolute atomic E-state index is 5.44. The van der Waals surface area contributed by atoms with E-state index in [1.165, 1.54) is 0 Å². The van der Waals surface area contributed by atoms with E-state index >= 15 is 0 Å². The van der Waals surface area contributed by atoms with Crippen LogP contribution < -0.4 is 0 Å². The van der Waals surface area contributed by atoms with Crippen molar-refractivity contribution in [3.63, 3.8) is 0 Å². The fourth-order valence-corrected chi connectivity index (χ4v) is 1.17. The van der Waals surface area contributed by atoms with Crippen molar-refractivity contribution in [2.24, 2.45) is 0 Å². The van der Waals surface area contributed by atoms with Crippen molar-refractivity contribution in [2.45, 2.75) is 85.0 Å². The van der Waals surface area contributed by atoms with Gasteiger partial charge in [0, 0.05) is 6.42 Å². The summed E-state index contributed by atoms with van der Waals surface area (Å²) in [6, 6.07) is 0. The van der Waals surface area contributed by atoms with Crippen LogP contribution in [0.15, 0.2) is 0 Å². The summed E-state index contributed by atoms with van der Waals surface area (Å²) >= 11 is 0. The molecule has 0 heterocycles. The SMILES string of the molecule is CCCC(CCOOC(C)(C)C)OOC(C)(C)C. The Bertz CT molecular complexity index is 203. The summed E-state index contributed by atoms with van der Waals surface area (Å²) in [5.41, 5.74) is -0.558. The molecule has 0 fully saturated rings. The lowest BCUT2D eigenvalue weighted by atomic mass is 10.1. The van der Waals surface area contributed by atoms with Crippen LogP contribution in [0.3, 0.4) is 0 Å². The zero-order chi connectivity index (χ0) is 14.2. The Morgan fingerprint density at radius 3 is 1.83 bits per heavy atom. The van der Waals surface area contributed by atoms with E-state index in [1.807, 2.05) is 41.5 Å². The molecule has 0 spiro atoms. The molecule has 0 N–H and O–H groups in total. The van der Waals surface area contributed by atoms with Gasteiger partial charge in [-0.2, -0.15) is 0 Å². The average Bonchev–Trinajstić information content (AvgIpc) is 2.18. The van der Waals surface area contributed by atoms with E-state index in [2.05, 4.69) is 6.92 Å². The standard InChI is InChI=1S/C14H30O4/c1-8-9-12(16-18-14(5,6)7)10-11-15-17-13(2,3)4/h12H,8-11H2,1-7H3. The molecule has 0 aliphatic rings. The van der Waals surface area contributed by atoms with Crippen LogP contribution in [0.25, 0.3) is 0 Å². The second-order valence-electron chi connectivity index (χ2n) is 6.51. The molecular weight excluding hydrogens is 232 g/mol. The predicted octanol–water partition coefficient (Wildman–Crippen LogP) is 4.04. The van der Waals surface area contributed by atoms with Crippen LogP contribution >= 0.6 is 0 Å². The Labute approximate surface area is 112 Å². The third-order valence-electron chi connectivity index (χ3n) is 1.88. The van der Waals surface area contributed by atoms with Crippen molar-refractivity contribution >= 4 is 0 Å². The molecule has 0 aliphatic carbocycles. The molecule has 18 heavy (non-hydrogen) atoms. The highest BCUT2D eigenvalue weighted by Gasteiger charge is 2.17. The molecule has 4 nitrogen and oxygen atoms in total. The number of hydrogen-bond acceptors (Lipinski definition) is 4. The lowest BCUT2D eigenvalue weighted by Gasteiger charge is -2.23. The van der Waals surface area contributed by atoms with Gasteiger partial charge in [-0.1, -0.05) is 13.3 Å². The molecule has 0 amide bonds. The molecule has 0 aromatic heterocycles. The second kappa shape index (κ2) is 8.10. The van der Waals surface area contributed by atoms with E-state index < -0.39 is 0 Å². The zero-order valence-corrected chi connectivity index (χ0v) is 13.0. The third-order valence-corrected chi connectivity index (χ3v) is 1.88. The minimum Gasteiger partial charge on any atom is -0.236 e. The Balaban J connectivity index is 3.83. The number of rotatable bonds is 8. The van der Waals surface area contributed by atoms with Gasteiger partial charge in [-0.25, -0.2) is 19.6 Å². The van der Waals surface area contributed by atoms with Gasteiger partial charge in [-0.15, -0.1) is 0 Å². The van der Waals surface area contributed by atoms with E-state index in [0.29, 0.717) is 6.61 Å². The lowest BCUT2D eigenvalue weighted by Crippen LogP contribution is -2.26. The van der Waals surface area contributed by atoms with Crippen molar-refractivity contribution in [3.8, 4) is 0 Å². The fourth-order valence-electron chi connectivity index (χ4n) is 1.17. The van der Waals surface area contributed by atoms with Crippen molar-refractivity contribution in [1.29, 1.82) is 0 Å². The summed E-state index contributed by atoms with van der Waals surface area (Å²) in [7, 11) is 0. The minimum atomic E-state index is -0.283. The molecule has 110 valence electrons. The first-order chi connectivity index (χ1) is 8.14. The lowest BCUT2D eigenvalue weighted by molar-refractivity contribution is -0.385. The summed E-state index contributed by atoms with van der Waals surface area (Å²) in [6.07, 6.45) is 2.82. The molecule has 4 heteroatoms. The van der Waals surface area contributed by atoms with Gasteiger partial charge < -0.3 is 0 Å². The molecule has 0 rings (SSSR count). The van der Waals surface area contributed by atoms with Crippen molar-refractivity contribution in [2.75, 3.05) is 6.61 Å². The van der Waals surface area contributed by atoms with Crippen LogP contribution in [-0.4, -0.2) is 23.9 Å². The van der Waals surface area contributed by atoms with Gasteiger partial charge in [0.05, 0.1) is 23.9 Å². The average molecular weight is 262 g/mol. The quantitative estimate of drug-likeness (QED) is 0.376. The highest BCUT2D eigenvalue weighted by atomic mass is 17.2. The van der Waals surface area contributed by atoms with Gasteiger partial charge >= 0.3 is 0 Å². The van der Waals surface area contributed by atoms with E-state index in [0.717, 1.165) is 19.3 Å². The Hall–Kier alpha value is -0.160. The first-order valence-electron chi connectivity index (χ1n) is 6.79. The topological polar surface area (TPSA) is 36.9 Å². The summed E-state index contributed by atoms with van der Waals surface area (Å²) in [5, 5.41) is 0. The Kier molecular flexibility index (Phi) is 8.03. The normalized spacial score (nSPS) is 14.8. The molecule has 0 saturated carbocycles. The molecule has 0 bridgehead atoms. The van der Waals surface area contributed by atoms with E-state index in [4.69, 9.17) is 19.6 Å².